The Morgan fingerprint density at radius 1 is 0.919 bits per heavy atom. The highest BCUT2D eigenvalue weighted by molar-refractivity contribution is 5.92. The Hall–Kier alpha value is -4.39. The summed E-state index contributed by atoms with van der Waals surface area (Å²) in [6.45, 7) is 4.01. The van der Waals surface area contributed by atoms with Crippen molar-refractivity contribution in [1.82, 2.24) is 10.3 Å². The molecule has 0 spiro atoms. The SMILES string of the molecule is Cc1ccc(OCC(=O)Nc2cccc(-c3nc(CNC(=O)CCCc4ccccc4)c(C)o3)c2)cc1. The van der Waals surface area contributed by atoms with E-state index in [9.17, 15) is 9.59 Å². The number of ether oxygens (including phenoxy) is 1. The summed E-state index contributed by atoms with van der Waals surface area (Å²) in [5.74, 6) is 1.42. The lowest BCUT2D eigenvalue weighted by Gasteiger charge is -2.08. The first-order chi connectivity index (χ1) is 18.0. The van der Waals surface area contributed by atoms with Gasteiger partial charge >= 0.3 is 0 Å². The van der Waals surface area contributed by atoms with E-state index in [0.717, 1.165) is 24.0 Å². The lowest BCUT2D eigenvalue weighted by molar-refractivity contribution is -0.121. The van der Waals surface area contributed by atoms with Crippen LogP contribution < -0.4 is 15.4 Å². The van der Waals surface area contributed by atoms with Gasteiger partial charge in [0.15, 0.2) is 6.61 Å². The number of anilines is 1. The van der Waals surface area contributed by atoms with E-state index in [0.29, 0.717) is 41.7 Å². The first-order valence-electron chi connectivity index (χ1n) is 12.3. The average Bonchev–Trinajstić information content (AvgIpc) is 3.28. The largest absolute Gasteiger partial charge is 0.484 e. The van der Waals surface area contributed by atoms with Crippen molar-refractivity contribution in [3.63, 3.8) is 0 Å². The number of aryl methyl sites for hydroxylation is 3. The minimum atomic E-state index is -0.267. The summed E-state index contributed by atoms with van der Waals surface area (Å²) in [5, 5.41) is 5.76. The number of carbonyl (C=O) groups is 2. The maximum absolute atomic E-state index is 12.3. The predicted octanol–water partition coefficient (Wildman–Crippen LogP) is 5.62. The molecule has 0 aliphatic carbocycles. The van der Waals surface area contributed by atoms with Crippen LogP contribution in [0.1, 0.15) is 35.4 Å². The zero-order chi connectivity index (χ0) is 26.0. The number of hydrogen-bond donors (Lipinski definition) is 2. The Kier molecular flexibility index (Phi) is 8.70. The fourth-order valence-corrected chi connectivity index (χ4v) is 3.79. The Morgan fingerprint density at radius 2 is 1.70 bits per heavy atom. The van der Waals surface area contributed by atoms with E-state index in [1.54, 1.807) is 12.1 Å². The van der Waals surface area contributed by atoms with E-state index in [2.05, 4.69) is 27.8 Å². The van der Waals surface area contributed by atoms with Gasteiger partial charge in [-0.3, -0.25) is 9.59 Å². The third kappa shape index (κ3) is 7.80. The molecule has 7 nitrogen and oxygen atoms in total. The Bertz CT molecular complexity index is 1330. The molecule has 4 rings (SSSR count). The fraction of sp³-hybridized carbons (Fsp3) is 0.233. The summed E-state index contributed by atoms with van der Waals surface area (Å²) >= 11 is 0. The Morgan fingerprint density at radius 3 is 2.49 bits per heavy atom. The topological polar surface area (TPSA) is 93.5 Å². The third-order valence-electron chi connectivity index (χ3n) is 5.84. The van der Waals surface area contributed by atoms with E-state index in [1.807, 2.05) is 68.4 Å². The van der Waals surface area contributed by atoms with Crippen LogP contribution >= 0.6 is 0 Å². The van der Waals surface area contributed by atoms with Gasteiger partial charge in [-0.2, -0.15) is 0 Å². The van der Waals surface area contributed by atoms with Gasteiger partial charge in [-0.25, -0.2) is 4.98 Å². The first-order valence-corrected chi connectivity index (χ1v) is 12.3. The smallest absolute Gasteiger partial charge is 0.262 e. The Balaban J connectivity index is 1.27. The van der Waals surface area contributed by atoms with Crippen LogP contribution in [0.3, 0.4) is 0 Å². The van der Waals surface area contributed by atoms with Crippen molar-refractivity contribution < 1.29 is 18.7 Å². The van der Waals surface area contributed by atoms with E-state index >= 15 is 0 Å². The maximum Gasteiger partial charge on any atom is 0.262 e. The number of benzene rings is 3. The van der Waals surface area contributed by atoms with Crippen molar-refractivity contribution in [2.45, 2.75) is 39.7 Å². The number of nitrogens with zero attached hydrogens (tertiary/aromatic N) is 1. The van der Waals surface area contributed by atoms with Crippen LogP contribution in [0.4, 0.5) is 5.69 Å². The van der Waals surface area contributed by atoms with Gasteiger partial charge in [0, 0.05) is 17.7 Å². The molecule has 0 aliphatic heterocycles. The molecule has 190 valence electrons. The van der Waals surface area contributed by atoms with Crippen LogP contribution in [0.25, 0.3) is 11.5 Å². The van der Waals surface area contributed by atoms with Crippen LogP contribution in [0, 0.1) is 13.8 Å². The van der Waals surface area contributed by atoms with E-state index in [4.69, 9.17) is 9.15 Å². The molecule has 1 aromatic heterocycles. The molecule has 2 amide bonds. The molecule has 0 aliphatic rings. The van der Waals surface area contributed by atoms with Gasteiger partial charge in [0.05, 0.1) is 6.54 Å². The van der Waals surface area contributed by atoms with Crippen LogP contribution in [-0.4, -0.2) is 23.4 Å². The van der Waals surface area contributed by atoms with Crippen LogP contribution in [0.5, 0.6) is 5.75 Å². The van der Waals surface area contributed by atoms with Crippen molar-refractivity contribution >= 4 is 17.5 Å². The number of rotatable bonds is 11. The predicted molar refractivity (Wildman–Crippen MR) is 143 cm³/mol. The molecule has 0 bridgehead atoms. The van der Waals surface area contributed by atoms with Crippen molar-refractivity contribution in [1.29, 1.82) is 0 Å². The number of aromatic nitrogens is 1. The molecule has 0 radical (unpaired) electrons. The molecule has 0 unspecified atom stereocenters. The van der Waals surface area contributed by atoms with Crippen LogP contribution in [-0.2, 0) is 22.6 Å². The normalized spacial score (nSPS) is 10.6. The summed E-state index contributed by atoms with van der Waals surface area (Å²) in [4.78, 5) is 29.2. The van der Waals surface area contributed by atoms with Crippen LogP contribution in [0.2, 0.25) is 0 Å². The zero-order valence-corrected chi connectivity index (χ0v) is 21.1. The Labute approximate surface area is 216 Å². The summed E-state index contributed by atoms with van der Waals surface area (Å²) in [5.41, 5.74) is 4.36. The molecule has 7 heteroatoms. The van der Waals surface area contributed by atoms with Gasteiger partial charge in [-0.05, 0) is 62.6 Å². The summed E-state index contributed by atoms with van der Waals surface area (Å²) in [6.07, 6.45) is 2.11. The molecule has 2 N–H and O–H groups in total. The van der Waals surface area contributed by atoms with Gasteiger partial charge in [0.1, 0.15) is 17.2 Å². The molecule has 0 atom stereocenters. The third-order valence-corrected chi connectivity index (χ3v) is 5.84. The van der Waals surface area contributed by atoms with Gasteiger partial charge in [-0.1, -0.05) is 54.1 Å². The number of oxazole rings is 1. The highest BCUT2D eigenvalue weighted by Gasteiger charge is 2.14. The van der Waals surface area contributed by atoms with Crippen molar-refractivity contribution in [2.75, 3.05) is 11.9 Å². The number of carbonyl (C=O) groups excluding carboxylic acids is 2. The molecular weight excluding hydrogens is 466 g/mol. The highest BCUT2D eigenvalue weighted by atomic mass is 16.5. The molecule has 3 aromatic carbocycles. The monoisotopic (exact) mass is 497 g/mol. The molecule has 0 fully saturated rings. The van der Waals surface area contributed by atoms with E-state index in [1.165, 1.54) is 5.56 Å². The molecule has 4 aromatic rings. The summed E-state index contributed by atoms with van der Waals surface area (Å²) < 4.78 is 11.4. The summed E-state index contributed by atoms with van der Waals surface area (Å²) in [7, 11) is 0. The standard InChI is InChI=1S/C30H31N3O4/c1-21-14-16-26(17-15-21)36-20-29(35)32-25-12-7-11-24(18-25)30-33-27(22(2)37-30)19-31-28(34)13-6-10-23-8-4-3-5-9-23/h3-5,7-9,11-12,14-18H,6,10,13,19-20H2,1-2H3,(H,31,34)(H,32,35). The lowest BCUT2D eigenvalue weighted by atomic mass is 10.1. The van der Waals surface area contributed by atoms with Gasteiger partial charge in [-0.15, -0.1) is 0 Å². The maximum atomic E-state index is 12.3. The zero-order valence-electron chi connectivity index (χ0n) is 21.1. The minimum absolute atomic E-state index is 0.0163. The minimum Gasteiger partial charge on any atom is -0.484 e. The summed E-state index contributed by atoms with van der Waals surface area (Å²) in [6, 6.07) is 24.9. The van der Waals surface area contributed by atoms with Gasteiger partial charge in [0.25, 0.3) is 5.91 Å². The number of hydrogen-bond acceptors (Lipinski definition) is 5. The van der Waals surface area contributed by atoms with Gasteiger partial charge in [0.2, 0.25) is 11.8 Å². The van der Waals surface area contributed by atoms with Crippen molar-refractivity contribution in [3.05, 3.63) is 101 Å². The van der Waals surface area contributed by atoms with Crippen molar-refractivity contribution in [3.8, 4) is 17.2 Å². The molecule has 37 heavy (non-hydrogen) atoms. The highest BCUT2D eigenvalue weighted by Crippen LogP contribution is 2.24. The average molecular weight is 498 g/mol. The fourth-order valence-electron chi connectivity index (χ4n) is 3.79. The lowest BCUT2D eigenvalue weighted by Crippen LogP contribution is -2.23. The van der Waals surface area contributed by atoms with Crippen molar-refractivity contribution in [2.24, 2.45) is 0 Å². The van der Waals surface area contributed by atoms with Gasteiger partial charge < -0.3 is 19.8 Å². The second-order valence-corrected chi connectivity index (χ2v) is 8.87. The first kappa shape index (κ1) is 25.7. The van der Waals surface area contributed by atoms with Crippen LogP contribution in [0.15, 0.2) is 83.3 Å². The number of nitrogens with one attached hydrogen (secondary N) is 2. The molecule has 0 saturated heterocycles. The molecular formula is C30H31N3O4. The molecule has 0 saturated carbocycles. The second-order valence-electron chi connectivity index (χ2n) is 8.87. The number of amides is 2. The molecule has 1 heterocycles. The quantitative estimate of drug-likeness (QED) is 0.281. The second kappa shape index (κ2) is 12.5. The van der Waals surface area contributed by atoms with E-state index < -0.39 is 0 Å². The van der Waals surface area contributed by atoms with E-state index in [-0.39, 0.29) is 18.4 Å².